The van der Waals surface area contributed by atoms with Gasteiger partial charge < -0.3 is 0 Å². The van der Waals surface area contributed by atoms with E-state index in [0.717, 1.165) is 13.1 Å². The second kappa shape index (κ2) is 5.12. The maximum absolute atomic E-state index is 6.19. The van der Waals surface area contributed by atoms with Crippen LogP contribution in [0.5, 0.6) is 0 Å². The Morgan fingerprint density at radius 1 is 1.15 bits per heavy atom. The van der Waals surface area contributed by atoms with E-state index < -0.39 is 5.91 Å². The molecule has 0 aliphatic carbocycles. The Hall–Kier alpha value is 0.130. The molecule has 0 spiro atoms. The summed E-state index contributed by atoms with van der Waals surface area (Å²) < 4.78 is 1.50. The van der Waals surface area contributed by atoms with E-state index in [-0.39, 0.29) is 0 Å². The first-order chi connectivity index (χ1) is 5.91. The molecule has 0 aromatic carbocycles. The van der Waals surface area contributed by atoms with Crippen LogP contribution in [-0.4, -0.2) is 54.4 Å². The molecule has 0 aliphatic heterocycles. The van der Waals surface area contributed by atoms with Gasteiger partial charge in [-0.15, -0.1) is 0 Å². The van der Waals surface area contributed by atoms with Crippen molar-refractivity contribution in [2.75, 3.05) is 34.2 Å². The van der Waals surface area contributed by atoms with E-state index in [9.17, 15) is 0 Å². The Kier molecular flexibility index (Phi) is 5.17. The molecule has 4 nitrogen and oxygen atoms in total. The van der Waals surface area contributed by atoms with E-state index in [4.69, 9.17) is 17.5 Å². The van der Waals surface area contributed by atoms with E-state index in [0.29, 0.717) is 0 Å². The lowest BCUT2D eigenvalue weighted by molar-refractivity contribution is -0.0958. The zero-order valence-electron chi connectivity index (χ0n) is 9.21. The van der Waals surface area contributed by atoms with Crippen LogP contribution in [0, 0.1) is 0 Å². The fraction of sp³-hybridized carbons (Fsp3) is 1.00. The quantitative estimate of drug-likeness (QED) is 0.529. The molecular formula is C8H21ClN4. The van der Waals surface area contributed by atoms with Crippen LogP contribution in [0.3, 0.4) is 0 Å². The Labute approximate surface area is 86.3 Å². The first kappa shape index (κ1) is 13.1. The van der Waals surface area contributed by atoms with Crippen LogP contribution < -0.4 is 5.73 Å². The van der Waals surface area contributed by atoms with Crippen molar-refractivity contribution in [2.45, 2.75) is 19.8 Å². The number of hydrogen-bond acceptors (Lipinski definition) is 4. The molecule has 0 heterocycles. The normalized spacial score (nSPS) is 17.1. The molecule has 0 rings (SSSR count). The molecule has 13 heavy (non-hydrogen) atoms. The highest BCUT2D eigenvalue weighted by Crippen LogP contribution is 2.17. The van der Waals surface area contributed by atoms with Gasteiger partial charge in [-0.05, 0) is 39.0 Å². The molecule has 0 bridgehead atoms. The van der Waals surface area contributed by atoms with Gasteiger partial charge in [-0.3, -0.25) is 15.5 Å². The lowest BCUT2D eigenvalue weighted by Gasteiger charge is -2.47. The van der Waals surface area contributed by atoms with Crippen LogP contribution >= 0.6 is 11.8 Å². The van der Waals surface area contributed by atoms with Crippen LogP contribution in [0.25, 0.3) is 0 Å². The van der Waals surface area contributed by atoms with Crippen LogP contribution in [0.1, 0.15) is 13.8 Å². The lowest BCUT2D eigenvalue weighted by atomic mass is 10.4. The Bertz CT molecular complexity index is 137. The third kappa shape index (κ3) is 2.54. The summed E-state index contributed by atoms with van der Waals surface area (Å²) in [6, 6.07) is 0. The second-order valence-electron chi connectivity index (χ2n) is 3.23. The van der Waals surface area contributed by atoms with Crippen molar-refractivity contribution in [1.29, 1.82) is 0 Å². The average Bonchev–Trinajstić information content (AvgIpc) is 2.05. The smallest absolute Gasteiger partial charge is 0.199 e. The molecule has 1 unspecified atom stereocenters. The zero-order valence-corrected chi connectivity index (χ0v) is 9.97. The van der Waals surface area contributed by atoms with Crippen molar-refractivity contribution in [3.05, 3.63) is 0 Å². The fourth-order valence-corrected chi connectivity index (χ4v) is 1.70. The van der Waals surface area contributed by atoms with Gasteiger partial charge in [0.25, 0.3) is 0 Å². The molecule has 0 fully saturated rings. The van der Waals surface area contributed by atoms with E-state index in [1.54, 1.807) is 7.05 Å². The Morgan fingerprint density at radius 3 is 1.62 bits per heavy atom. The molecule has 0 radical (unpaired) electrons. The van der Waals surface area contributed by atoms with E-state index in [2.05, 4.69) is 18.7 Å². The molecule has 0 aromatic rings. The molecule has 0 amide bonds. The summed E-state index contributed by atoms with van der Waals surface area (Å²) >= 11 is 5.96. The monoisotopic (exact) mass is 208 g/mol. The molecule has 1 atom stereocenters. The summed E-state index contributed by atoms with van der Waals surface area (Å²) in [5.41, 5.74) is 6.19. The molecular weight excluding hydrogens is 188 g/mol. The highest BCUT2D eigenvalue weighted by molar-refractivity contribution is 6.13. The van der Waals surface area contributed by atoms with E-state index >= 15 is 0 Å². The Balaban J connectivity index is 4.75. The van der Waals surface area contributed by atoms with E-state index in [1.165, 1.54) is 4.42 Å². The molecule has 0 saturated carbocycles. The number of hydrogen-bond donors (Lipinski definition) is 1. The van der Waals surface area contributed by atoms with E-state index in [1.807, 2.05) is 19.0 Å². The predicted molar refractivity (Wildman–Crippen MR) is 57.1 cm³/mol. The van der Waals surface area contributed by atoms with Crippen LogP contribution in [0.4, 0.5) is 0 Å². The summed E-state index contributed by atoms with van der Waals surface area (Å²) in [5, 5.41) is 0. The van der Waals surface area contributed by atoms with Gasteiger partial charge in [0, 0.05) is 7.05 Å². The molecule has 0 aromatic heterocycles. The topological polar surface area (TPSA) is 35.7 Å². The number of nitrogens with two attached hydrogens (primary N) is 1. The highest BCUT2D eigenvalue weighted by atomic mass is 35.5. The van der Waals surface area contributed by atoms with Gasteiger partial charge in [0.15, 0.2) is 5.91 Å². The largest absolute Gasteiger partial charge is 0.286 e. The summed E-state index contributed by atoms with van der Waals surface area (Å²) in [4.78, 5) is 3.98. The summed E-state index contributed by atoms with van der Waals surface area (Å²) in [5.74, 6) is -0.717. The van der Waals surface area contributed by atoms with Gasteiger partial charge in [0.05, 0.1) is 0 Å². The van der Waals surface area contributed by atoms with Gasteiger partial charge in [-0.1, -0.05) is 13.8 Å². The SMILES string of the molecule is CCN(CC)C(N)(N(C)C)N(C)Cl. The molecule has 80 valence electrons. The molecule has 2 N–H and O–H groups in total. The van der Waals surface area contributed by atoms with Crippen LogP contribution in [0.2, 0.25) is 0 Å². The summed E-state index contributed by atoms with van der Waals surface area (Å²) in [6.45, 7) is 5.86. The van der Waals surface area contributed by atoms with Crippen molar-refractivity contribution < 1.29 is 0 Å². The predicted octanol–water partition coefficient (Wildman–Crippen LogP) is 0.545. The first-order valence-electron chi connectivity index (χ1n) is 4.52. The van der Waals surface area contributed by atoms with Crippen LogP contribution in [0.15, 0.2) is 0 Å². The fourth-order valence-electron chi connectivity index (χ4n) is 1.44. The van der Waals surface area contributed by atoms with Gasteiger partial charge in [-0.25, -0.2) is 0 Å². The van der Waals surface area contributed by atoms with Gasteiger partial charge in [-0.2, -0.15) is 4.42 Å². The second-order valence-corrected chi connectivity index (χ2v) is 3.74. The van der Waals surface area contributed by atoms with Crippen molar-refractivity contribution in [2.24, 2.45) is 5.73 Å². The average molecular weight is 209 g/mol. The van der Waals surface area contributed by atoms with Gasteiger partial charge in [0.1, 0.15) is 0 Å². The van der Waals surface area contributed by atoms with Gasteiger partial charge in [0.2, 0.25) is 0 Å². The maximum atomic E-state index is 6.19. The summed E-state index contributed by atoms with van der Waals surface area (Å²) in [7, 11) is 5.59. The first-order valence-corrected chi connectivity index (χ1v) is 4.85. The molecule has 0 aliphatic rings. The highest BCUT2D eigenvalue weighted by Gasteiger charge is 2.37. The molecule has 0 saturated heterocycles. The minimum Gasteiger partial charge on any atom is -0.286 e. The third-order valence-electron chi connectivity index (χ3n) is 2.34. The minimum absolute atomic E-state index is 0.717. The van der Waals surface area contributed by atoms with Crippen molar-refractivity contribution in [3.63, 3.8) is 0 Å². The summed E-state index contributed by atoms with van der Waals surface area (Å²) in [6.07, 6.45) is 0. The lowest BCUT2D eigenvalue weighted by Crippen LogP contribution is -2.70. The maximum Gasteiger partial charge on any atom is 0.199 e. The molecule has 5 heteroatoms. The van der Waals surface area contributed by atoms with Crippen molar-refractivity contribution >= 4 is 11.8 Å². The minimum atomic E-state index is -0.717. The van der Waals surface area contributed by atoms with Crippen molar-refractivity contribution in [3.8, 4) is 0 Å². The van der Waals surface area contributed by atoms with Crippen LogP contribution in [-0.2, 0) is 0 Å². The number of nitrogens with zero attached hydrogens (tertiary/aromatic N) is 3. The zero-order chi connectivity index (χ0) is 10.6. The number of halogens is 1. The standard InChI is InChI=1S/C8H21ClN4/c1-6-13(7-2)8(10,11(3)4)12(5)9/h6-7,10H2,1-5H3. The number of rotatable bonds is 5. The van der Waals surface area contributed by atoms with Crippen molar-refractivity contribution in [1.82, 2.24) is 14.2 Å². The van der Waals surface area contributed by atoms with Gasteiger partial charge >= 0.3 is 0 Å². The Morgan fingerprint density at radius 2 is 1.54 bits per heavy atom. The third-order valence-corrected chi connectivity index (χ3v) is 2.59.